The molecule has 0 N–H and O–H groups in total. The molecule has 4 heteroatoms. The van der Waals surface area contributed by atoms with Gasteiger partial charge in [0.15, 0.2) is 6.29 Å². The van der Waals surface area contributed by atoms with Crippen LogP contribution in [0.2, 0.25) is 0 Å². The van der Waals surface area contributed by atoms with Gasteiger partial charge in [-0.15, -0.1) is 0 Å². The summed E-state index contributed by atoms with van der Waals surface area (Å²) >= 11 is 0. The summed E-state index contributed by atoms with van der Waals surface area (Å²) < 4.78 is 11.9. The van der Waals surface area contributed by atoms with Gasteiger partial charge in [0.2, 0.25) is 0 Å². The zero-order valence-corrected chi connectivity index (χ0v) is 11.7. The molecule has 0 spiro atoms. The summed E-state index contributed by atoms with van der Waals surface area (Å²) in [7, 11) is -0.400. The van der Waals surface area contributed by atoms with Crippen LogP contribution >= 0.6 is 0 Å². The Balaban J connectivity index is 2.27. The first-order valence-corrected chi connectivity index (χ1v) is 6.26. The van der Waals surface area contributed by atoms with E-state index in [0.29, 0.717) is 6.29 Å². The fourth-order valence-corrected chi connectivity index (χ4v) is 1.85. The van der Waals surface area contributed by atoms with Crippen LogP contribution < -0.4 is 5.46 Å². The zero-order chi connectivity index (χ0) is 14.1. The van der Waals surface area contributed by atoms with Gasteiger partial charge in [-0.3, -0.25) is 4.79 Å². The van der Waals surface area contributed by atoms with E-state index in [-0.39, 0.29) is 11.2 Å². The number of hydrogen-bond acceptors (Lipinski definition) is 3. The molecule has 98 valence electrons. The Bertz CT molecular complexity index is 536. The Hall–Kier alpha value is -1.57. The zero-order valence-electron chi connectivity index (χ0n) is 11.7. The molecular weight excluding hydrogens is 239 g/mol. The Kier molecular flexibility index (Phi) is 3.53. The Morgan fingerprint density at radius 3 is 2.37 bits per heavy atom. The van der Waals surface area contributed by atoms with E-state index in [1.165, 1.54) is 0 Å². The van der Waals surface area contributed by atoms with Crippen LogP contribution in [0, 0.1) is 11.8 Å². The largest absolute Gasteiger partial charge is 0.494 e. The van der Waals surface area contributed by atoms with Gasteiger partial charge < -0.3 is 9.31 Å². The highest BCUT2D eigenvalue weighted by atomic mass is 16.7. The molecule has 1 heterocycles. The molecule has 3 nitrogen and oxygen atoms in total. The molecule has 1 aromatic carbocycles. The smallest absolute Gasteiger partial charge is 0.399 e. The van der Waals surface area contributed by atoms with Crippen molar-refractivity contribution in [2.75, 3.05) is 0 Å². The topological polar surface area (TPSA) is 35.5 Å². The predicted molar refractivity (Wildman–Crippen MR) is 75.1 cm³/mol. The van der Waals surface area contributed by atoms with Crippen molar-refractivity contribution in [3.05, 3.63) is 29.8 Å². The van der Waals surface area contributed by atoms with E-state index in [0.717, 1.165) is 11.0 Å². The summed E-state index contributed by atoms with van der Waals surface area (Å²) in [6.07, 6.45) is 0.585. The van der Waals surface area contributed by atoms with Crippen LogP contribution in [0.4, 0.5) is 0 Å². The summed E-state index contributed by atoms with van der Waals surface area (Å²) in [4.78, 5) is 10.3. The summed E-state index contributed by atoms with van der Waals surface area (Å²) in [5, 5.41) is 0. The molecule has 0 saturated carbocycles. The van der Waals surface area contributed by atoms with Crippen LogP contribution in [0.5, 0.6) is 0 Å². The number of benzene rings is 1. The first-order chi connectivity index (χ1) is 8.86. The van der Waals surface area contributed by atoms with E-state index < -0.39 is 7.12 Å². The molecule has 1 aliphatic rings. The van der Waals surface area contributed by atoms with Crippen LogP contribution in [0.15, 0.2) is 24.3 Å². The maximum absolute atomic E-state index is 10.3. The second-order valence-electron chi connectivity index (χ2n) is 5.60. The van der Waals surface area contributed by atoms with E-state index in [9.17, 15) is 4.79 Å². The van der Waals surface area contributed by atoms with Crippen LogP contribution in [0.25, 0.3) is 0 Å². The van der Waals surface area contributed by atoms with Gasteiger partial charge >= 0.3 is 7.12 Å². The molecule has 1 aliphatic heterocycles. The van der Waals surface area contributed by atoms with Crippen molar-refractivity contribution in [1.82, 2.24) is 0 Å². The molecule has 0 aromatic heterocycles. The molecule has 1 aromatic rings. The maximum Gasteiger partial charge on any atom is 0.494 e. The van der Waals surface area contributed by atoms with Gasteiger partial charge in [0.05, 0.1) is 11.2 Å². The number of rotatable bonds is 1. The van der Waals surface area contributed by atoms with Crippen LogP contribution in [-0.2, 0) is 14.1 Å². The van der Waals surface area contributed by atoms with E-state index in [1.807, 2.05) is 52.0 Å². The summed E-state index contributed by atoms with van der Waals surface area (Å²) in [5.41, 5.74) is 0.972. The average molecular weight is 256 g/mol. The van der Waals surface area contributed by atoms with Gasteiger partial charge in [-0.25, -0.2) is 0 Å². The molecule has 0 bridgehead atoms. The van der Waals surface area contributed by atoms with Gasteiger partial charge in [0, 0.05) is 5.56 Å². The predicted octanol–water partition coefficient (Wildman–Crippen LogP) is 1.54. The molecule has 1 saturated heterocycles. The normalized spacial score (nSPS) is 19.7. The fraction of sp³-hybridized carbons (Fsp3) is 0.400. The summed E-state index contributed by atoms with van der Waals surface area (Å²) in [6.45, 7) is 8.07. The first-order valence-electron chi connectivity index (χ1n) is 6.26. The maximum atomic E-state index is 10.3. The van der Waals surface area contributed by atoms with E-state index >= 15 is 0 Å². The Morgan fingerprint density at radius 2 is 1.79 bits per heavy atom. The van der Waals surface area contributed by atoms with Gasteiger partial charge in [-0.1, -0.05) is 18.1 Å². The minimum Gasteiger partial charge on any atom is -0.399 e. The third kappa shape index (κ3) is 2.73. The SMILES string of the molecule is CC1(C)OB(c2cccc(C#CC=O)c2)OC1(C)C. The number of carbonyl (C=O) groups excluding carboxylic acids is 1. The lowest BCUT2D eigenvalue weighted by molar-refractivity contribution is -0.103. The number of carbonyl (C=O) groups is 1. The number of aldehydes is 1. The molecule has 19 heavy (non-hydrogen) atoms. The van der Waals surface area contributed by atoms with Crippen molar-refractivity contribution in [3.63, 3.8) is 0 Å². The van der Waals surface area contributed by atoms with E-state index in [4.69, 9.17) is 9.31 Å². The van der Waals surface area contributed by atoms with Gasteiger partial charge in [0.25, 0.3) is 0 Å². The molecule has 0 amide bonds. The molecular formula is C15H17BO3. The van der Waals surface area contributed by atoms with Crippen molar-refractivity contribution in [3.8, 4) is 11.8 Å². The van der Waals surface area contributed by atoms with Crippen LogP contribution in [0.1, 0.15) is 33.3 Å². The van der Waals surface area contributed by atoms with Crippen molar-refractivity contribution in [1.29, 1.82) is 0 Å². The lowest BCUT2D eigenvalue weighted by Gasteiger charge is -2.32. The standard InChI is InChI=1S/C15H17BO3/c1-14(2)15(3,4)19-16(18-14)13-9-5-7-12(11-13)8-6-10-17/h5,7,9-11H,1-4H3. The van der Waals surface area contributed by atoms with Gasteiger partial charge in [-0.05, 0) is 51.2 Å². The van der Waals surface area contributed by atoms with E-state index in [1.54, 1.807) is 0 Å². The van der Waals surface area contributed by atoms with Crippen molar-refractivity contribution >= 4 is 18.9 Å². The highest BCUT2D eigenvalue weighted by Gasteiger charge is 2.51. The molecule has 0 aliphatic carbocycles. The molecule has 0 atom stereocenters. The lowest BCUT2D eigenvalue weighted by Crippen LogP contribution is -2.41. The highest BCUT2D eigenvalue weighted by Crippen LogP contribution is 2.36. The lowest BCUT2D eigenvalue weighted by atomic mass is 9.78. The van der Waals surface area contributed by atoms with Crippen molar-refractivity contribution in [2.24, 2.45) is 0 Å². The monoisotopic (exact) mass is 256 g/mol. The average Bonchev–Trinajstić information content (AvgIpc) is 2.56. The van der Waals surface area contributed by atoms with E-state index in [2.05, 4.69) is 11.8 Å². The molecule has 0 unspecified atom stereocenters. The Labute approximate surface area is 114 Å². The third-order valence-corrected chi connectivity index (χ3v) is 3.69. The van der Waals surface area contributed by atoms with Crippen LogP contribution in [-0.4, -0.2) is 24.6 Å². The minimum atomic E-state index is -0.400. The second-order valence-corrected chi connectivity index (χ2v) is 5.60. The molecule has 0 radical (unpaired) electrons. The number of hydrogen-bond donors (Lipinski definition) is 0. The van der Waals surface area contributed by atoms with Crippen molar-refractivity contribution in [2.45, 2.75) is 38.9 Å². The van der Waals surface area contributed by atoms with Crippen molar-refractivity contribution < 1.29 is 14.1 Å². The van der Waals surface area contributed by atoms with Crippen LogP contribution in [0.3, 0.4) is 0 Å². The van der Waals surface area contributed by atoms with Gasteiger partial charge in [-0.2, -0.15) is 0 Å². The summed E-state index contributed by atoms with van der Waals surface area (Å²) in [5.74, 6) is 5.17. The molecule has 2 rings (SSSR count). The fourth-order valence-electron chi connectivity index (χ4n) is 1.85. The first kappa shape index (κ1) is 13.9. The molecule has 1 fully saturated rings. The third-order valence-electron chi connectivity index (χ3n) is 3.69. The van der Waals surface area contributed by atoms with Gasteiger partial charge in [0.1, 0.15) is 0 Å². The summed E-state index contributed by atoms with van der Waals surface area (Å²) in [6, 6.07) is 7.56. The quantitative estimate of drug-likeness (QED) is 0.434. The minimum absolute atomic E-state index is 0.359. The Morgan fingerprint density at radius 1 is 1.16 bits per heavy atom. The highest BCUT2D eigenvalue weighted by molar-refractivity contribution is 6.62. The second kappa shape index (κ2) is 4.84.